The number of nitrogens with zero attached hydrogens (tertiary/aromatic N) is 3. The molecule has 0 radical (unpaired) electrons. The number of aromatic nitrogens is 2. The highest BCUT2D eigenvalue weighted by molar-refractivity contribution is 7.99. The molecule has 0 amide bonds. The largest absolute Gasteiger partial charge is 0.369 e. The molecule has 0 unspecified atom stereocenters. The second kappa shape index (κ2) is 5.53. The Morgan fingerprint density at radius 1 is 1.32 bits per heavy atom. The fourth-order valence-corrected chi connectivity index (χ4v) is 1.74. The molecular formula is C12H18N4O2S. The molecule has 1 heterocycles. The first-order chi connectivity index (χ1) is 8.75. The highest BCUT2D eigenvalue weighted by Crippen LogP contribution is 2.21. The molecule has 19 heavy (non-hydrogen) atoms. The molecular weight excluding hydrogens is 264 g/mol. The highest BCUT2D eigenvalue weighted by atomic mass is 32.2. The van der Waals surface area contributed by atoms with Crippen molar-refractivity contribution in [2.24, 2.45) is 14.1 Å². The van der Waals surface area contributed by atoms with Crippen molar-refractivity contribution in [3.63, 3.8) is 0 Å². The molecule has 0 aliphatic rings. The number of hydrogen-bond acceptors (Lipinski definition) is 5. The van der Waals surface area contributed by atoms with Gasteiger partial charge < -0.3 is 5.32 Å². The predicted molar refractivity (Wildman–Crippen MR) is 77.7 cm³/mol. The molecule has 0 aromatic carbocycles. The Morgan fingerprint density at radius 2 is 1.89 bits per heavy atom. The minimum absolute atomic E-state index is 0.0403. The predicted octanol–water partition coefficient (Wildman–Crippen LogP) is 0.509. The summed E-state index contributed by atoms with van der Waals surface area (Å²) in [6, 6.07) is 1.86. The van der Waals surface area contributed by atoms with Crippen molar-refractivity contribution in [2.75, 3.05) is 18.1 Å². The van der Waals surface area contributed by atoms with Crippen molar-refractivity contribution in [2.45, 2.75) is 18.6 Å². The molecule has 1 aromatic heterocycles. The first-order valence-electron chi connectivity index (χ1n) is 5.74. The van der Waals surface area contributed by atoms with Crippen LogP contribution >= 0.6 is 11.8 Å². The number of rotatable bonds is 4. The summed E-state index contributed by atoms with van der Waals surface area (Å²) in [5.41, 5.74) is -1.06. The monoisotopic (exact) mass is 282 g/mol. The van der Waals surface area contributed by atoms with Crippen LogP contribution in [0.1, 0.15) is 19.4 Å². The van der Waals surface area contributed by atoms with Crippen molar-refractivity contribution in [3.8, 4) is 6.07 Å². The van der Waals surface area contributed by atoms with Crippen LogP contribution in [0.25, 0.3) is 0 Å². The van der Waals surface area contributed by atoms with Crippen LogP contribution in [0, 0.1) is 11.3 Å². The second-order valence-corrected chi connectivity index (χ2v) is 6.37. The third kappa shape index (κ3) is 3.01. The summed E-state index contributed by atoms with van der Waals surface area (Å²) < 4.78 is 2.16. The molecule has 0 aliphatic carbocycles. The van der Waals surface area contributed by atoms with E-state index in [9.17, 15) is 9.59 Å². The van der Waals surface area contributed by atoms with Crippen LogP contribution in [0.15, 0.2) is 9.59 Å². The van der Waals surface area contributed by atoms with Crippen LogP contribution in [-0.2, 0) is 14.1 Å². The minimum atomic E-state index is -0.574. The molecule has 0 aliphatic heterocycles. The summed E-state index contributed by atoms with van der Waals surface area (Å²) in [4.78, 5) is 23.7. The molecule has 0 spiro atoms. The van der Waals surface area contributed by atoms with Crippen molar-refractivity contribution >= 4 is 17.6 Å². The van der Waals surface area contributed by atoms with Crippen molar-refractivity contribution in [1.82, 2.24) is 9.13 Å². The average molecular weight is 282 g/mol. The number of hydrogen-bond donors (Lipinski definition) is 1. The van der Waals surface area contributed by atoms with Crippen LogP contribution in [0.3, 0.4) is 0 Å². The fourth-order valence-electron chi connectivity index (χ4n) is 1.52. The summed E-state index contributed by atoms with van der Waals surface area (Å²) in [7, 11) is 2.90. The molecule has 0 saturated carbocycles. The zero-order valence-corrected chi connectivity index (χ0v) is 12.6. The summed E-state index contributed by atoms with van der Waals surface area (Å²) in [5.74, 6) is 0.276. The van der Waals surface area contributed by atoms with Gasteiger partial charge >= 0.3 is 5.69 Å². The molecule has 6 nitrogen and oxygen atoms in total. The van der Waals surface area contributed by atoms with Gasteiger partial charge in [0.2, 0.25) is 0 Å². The van der Waals surface area contributed by atoms with Gasteiger partial charge in [0.05, 0.1) is 0 Å². The Labute approximate surface area is 116 Å². The Bertz CT molecular complexity index is 637. The molecule has 0 fully saturated rings. The van der Waals surface area contributed by atoms with E-state index in [4.69, 9.17) is 5.26 Å². The molecule has 104 valence electrons. The Hall–Kier alpha value is -1.68. The maximum atomic E-state index is 11.9. The van der Waals surface area contributed by atoms with Gasteiger partial charge in [0.15, 0.2) is 5.56 Å². The van der Waals surface area contributed by atoms with Crippen molar-refractivity contribution < 1.29 is 0 Å². The normalized spacial score (nSPS) is 11.2. The van der Waals surface area contributed by atoms with Gasteiger partial charge in [-0.3, -0.25) is 13.9 Å². The number of anilines is 1. The van der Waals surface area contributed by atoms with Gasteiger partial charge in [-0.05, 0) is 20.1 Å². The second-order valence-electron chi connectivity index (χ2n) is 4.86. The van der Waals surface area contributed by atoms with E-state index in [2.05, 4.69) is 5.32 Å². The molecule has 1 aromatic rings. The third-order valence-electron chi connectivity index (χ3n) is 3.01. The first kappa shape index (κ1) is 15.4. The zero-order valence-electron chi connectivity index (χ0n) is 11.8. The van der Waals surface area contributed by atoms with E-state index in [1.54, 1.807) is 11.8 Å². The Morgan fingerprint density at radius 3 is 2.37 bits per heavy atom. The van der Waals surface area contributed by atoms with Gasteiger partial charge in [-0.25, -0.2) is 4.79 Å². The van der Waals surface area contributed by atoms with Crippen molar-refractivity contribution in [1.29, 1.82) is 5.26 Å². The van der Waals surface area contributed by atoms with Crippen LogP contribution in [-0.4, -0.2) is 26.7 Å². The first-order valence-corrected chi connectivity index (χ1v) is 6.96. The lowest BCUT2D eigenvalue weighted by atomic mass is 10.2. The highest BCUT2D eigenvalue weighted by Gasteiger charge is 2.20. The lowest BCUT2D eigenvalue weighted by Gasteiger charge is -2.24. The van der Waals surface area contributed by atoms with E-state index in [1.807, 2.05) is 26.2 Å². The molecule has 0 atom stereocenters. The van der Waals surface area contributed by atoms with Gasteiger partial charge in [-0.1, -0.05) is 0 Å². The number of nitriles is 1. The van der Waals surface area contributed by atoms with E-state index in [0.717, 1.165) is 4.57 Å². The van der Waals surface area contributed by atoms with Gasteiger partial charge in [0, 0.05) is 25.4 Å². The summed E-state index contributed by atoms with van der Waals surface area (Å²) in [5, 5.41) is 12.1. The van der Waals surface area contributed by atoms with Crippen LogP contribution < -0.4 is 16.6 Å². The molecule has 1 N–H and O–H groups in total. The topological polar surface area (TPSA) is 79.8 Å². The number of nitrogens with one attached hydrogen (secondary N) is 1. The lowest BCUT2D eigenvalue weighted by molar-refractivity contribution is 0.675. The lowest BCUT2D eigenvalue weighted by Crippen LogP contribution is -2.41. The Balaban J connectivity index is 3.33. The van der Waals surface area contributed by atoms with Gasteiger partial charge in [0.1, 0.15) is 11.9 Å². The smallest absolute Gasteiger partial charge is 0.332 e. The average Bonchev–Trinajstić information content (AvgIpc) is 2.39. The molecule has 1 rings (SSSR count). The van der Waals surface area contributed by atoms with Crippen LogP contribution in [0.2, 0.25) is 0 Å². The summed E-state index contributed by atoms with van der Waals surface area (Å²) in [6.45, 7) is 4.62. The van der Waals surface area contributed by atoms with Crippen molar-refractivity contribution in [3.05, 3.63) is 26.4 Å². The fraction of sp³-hybridized carbons (Fsp3) is 0.583. The molecule has 7 heteroatoms. The maximum absolute atomic E-state index is 11.9. The van der Waals surface area contributed by atoms with E-state index in [0.29, 0.717) is 6.54 Å². The Kier molecular flexibility index (Phi) is 4.48. The number of thioether (sulfide) groups is 1. The third-order valence-corrected chi connectivity index (χ3v) is 4.26. The quantitative estimate of drug-likeness (QED) is 0.870. The van der Waals surface area contributed by atoms with Crippen LogP contribution in [0.5, 0.6) is 0 Å². The van der Waals surface area contributed by atoms with E-state index >= 15 is 0 Å². The standard InChI is InChI=1S/C12H18N4O2S/c1-12(2,19-5)7-14-9-8(6-13)10(17)16(4)11(18)15(9)3/h14H,7H2,1-5H3. The SMILES string of the molecule is CSC(C)(C)CNc1c(C#N)c(=O)n(C)c(=O)n1C. The minimum Gasteiger partial charge on any atom is -0.369 e. The maximum Gasteiger partial charge on any atom is 0.332 e. The molecule has 0 saturated heterocycles. The zero-order chi connectivity index (χ0) is 14.8. The van der Waals surface area contributed by atoms with Gasteiger partial charge in [-0.15, -0.1) is 0 Å². The van der Waals surface area contributed by atoms with Gasteiger partial charge in [-0.2, -0.15) is 17.0 Å². The van der Waals surface area contributed by atoms with Crippen LogP contribution in [0.4, 0.5) is 5.82 Å². The van der Waals surface area contributed by atoms with E-state index in [-0.39, 0.29) is 16.1 Å². The van der Waals surface area contributed by atoms with E-state index in [1.165, 1.54) is 18.7 Å². The van der Waals surface area contributed by atoms with E-state index < -0.39 is 11.2 Å². The summed E-state index contributed by atoms with van der Waals surface area (Å²) in [6.07, 6.45) is 1.98. The summed E-state index contributed by atoms with van der Waals surface area (Å²) >= 11 is 1.66. The van der Waals surface area contributed by atoms with Gasteiger partial charge in [0.25, 0.3) is 5.56 Å². The molecule has 0 bridgehead atoms.